The summed E-state index contributed by atoms with van der Waals surface area (Å²) in [5, 5.41) is 0.911. The van der Waals surface area contributed by atoms with Crippen LogP contribution in [-0.4, -0.2) is 72.8 Å². The third-order valence-electron chi connectivity index (χ3n) is 5.75. The summed E-state index contributed by atoms with van der Waals surface area (Å²) in [6.45, 7) is 8.60. The molecule has 1 aliphatic heterocycles. The highest BCUT2D eigenvalue weighted by atomic mass is 32.2. The number of carbonyl (C=O) groups is 1. The Kier molecular flexibility index (Phi) is 6.45. The Morgan fingerprint density at radius 3 is 2.50 bits per heavy atom. The molecule has 4 rings (SSSR count). The third kappa shape index (κ3) is 4.22. The highest BCUT2D eigenvalue weighted by Gasteiger charge is 2.28. The van der Waals surface area contributed by atoms with Crippen LogP contribution < -0.4 is 4.90 Å². The molecule has 0 aliphatic carbocycles. The Bertz CT molecular complexity index is 1200. The van der Waals surface area contributed by atoms with E-state index in [0.717, 1.165) is 15.5 Å². The average molecular weight is 474 g/mol. The zero-order valence-electron chi connectivity index (χ0n) is 18.5. The predicted molar refractivity (Wildman–Crippen MR) is 127 cm³/mol. The standard InChI is InChI=1S/C22H27N5O3S2/c1-4-27(5-2)32(29,30)19-15-17(9-8-16(19)3)21(28)25-11-13-26(14-12-25)22-24-18-7-6-10-23-20(18)31-22/h6-10,15H,4-5,11-14H2,1-3H3. The molecule has 170 valence electrons. The van der Waals surface area contributed by atoms with E-state index >= 15 is 0 Å². The Balaban J connectivity index is 1.49. The van der Waals surface area contributed by atoms with Crippen molar-refractivity contribution < 1.29 is 13.2 Å². The van der Waals surface area contributed by atoms with Crippen molar-refractivity contribution in [2.75, 3.05) is 44.2 Å². The molecule has 1 aliphatic rings. The SMILES string of the molecule is CCN(CC)S(=O)(=O)c1cc(C(=O)N2CCN(c3nc4cccnc4s3)CC2)ccc1C. The van der Waals surface area contributed by atoms with E-state index in [9.17, 15) is 13.2 Å². The summed E-state index contributed by atoms with van der Waals surface area (Å²) in [6.07, 6.45) is 1.76. The topological polar surface area (TPSA) is 86.7 Å². The van der Waals surface area contributed by atoms with E-state index in [0.29, 0.717) is 50.4 Å². The quantitative estimate of drug-likeness (QED) is 0.547. The number of sulfonamides is 1. The van der Waals surface area contributed by atoms with Crippen LogP contribution in [0.25, 0.3) is 10.3 Å². The van der Waals surface area contributed by atoms with Crippen LogP contribution in [0.1, 0.15) is 29.8 Å². The first-order valence-electron chi connectivity index (χ1n) is 10.7. The third-order valence-corrected chi connectivity index (χ3v) is 8.98. The number of rotatable bonds is 6. The van der Waals surface area contributed by atoms with Crippen molar-refractivity contribution in [3.05, 3.63) is 47.7 Å². The maximum absolute atomic E-state index is 13.2. The predicted octanol–water partition coefficient (Wildman–Crippen LogP) is 2.99. The number of nitrogens with zero attached hydrogens (tertiary/aromatic N) is 5. The van der Waals surface area contributed by atoms with Gasteiger partial charge < -0.3 is 9.80 Å². The molecule has 0 saturated carbocycles. The molecule has 32 heavy (non-hydrogen) atoms. The molecule has 8 nitrogen and oxygen atoms in total. The van der Waals surface area contributed by atoms with Gasteiger partial charge in [-0.3, -0.25) is 4.79 Å². The second-order valence-corrected chi connectivity index (χ2v) is 10.5. The van der Waals surface area contributed by atoms with Crippen LogP contribution in [-0.2, 0) is 10.0 Å². The second-order valence-electron chi connectivity index (χ2n) is 7.67. The van der Waals surface area contributed by atoms with E-state index in [1.807, 2.05) is 26.0 Å². The molecule has 0 unspecified atom stereocenters. The number of aromatic nitrogens is 2. The van der Waals surface area contributed by atoms with Gasteiger partial charge in [-0.2, -0.15) is 4.31 Å². The van der Waals surface area contributed by atoms with Crippen molar-refractivity contribution in [3.8, 4) is 0 Å². The van der Waals surface area contributed by atoms with Crippen molar-refractivity contribution in [1.82, 2.24) is 19.2 Å². The molecule has 0 atom stereocenters. The highest BCUT2D eigenvalue weighted by Crippen LogP contribution is 2.28. The number of benzene rings is 1. The average Bonchev–Trinajstić information content (AvgIpc) is 3.24. The molecule has 3 heterocycles. The van der Waals surface area contributed by atoms with Crippen LogP contribution in [0.3, 0.4) is 0 Å². The maximum atomic E-state index is 13.2. The number of pyridine rings is 1. The van der Waals surface area contributed by atoms with Gasteiger partial charge in [0, 0.05) is 51.0 Å². The van der Waals surface area contributed by atoms with Crippen LogP contribution in [0.5, 0.6) is 0 Å². The zero-order valence-corrected chi connectivity index (χ0v) is 20.1. The van der Waals surface area contributed by atoms with Crippen molar-refractivity contribution in [2.24, 2.45) is 0 Å². The van der Waals surface area contributed by atoms with Crippen LogP contribution in [0.4, 0.5) is 5.13 Å². The lowest BCUT2D eigenvalue weighted by atomic mass is 10.1. The van der Waals surface area contributed by atoms with Gasteiger partial charge in [-0.15, -0.1) is 0 Å². The van der Waals surface area contributed by atoms with Crippen molar-refractivity contribution in [2.45, 2.75) is 25.7 Å². The summed E-state index contributed by atoms with van der Waals surface area (Å²) in [6, 6.07) is 8.78. The molecule has 10 heteroatoms. The number of aryl methyl sites for hydroxylation is 1. The smallest absolute Gasteiger partial charge is 0.254 e. The van der Waals surface area contributed by atoms with Crippen LogP contribution in [0.15, 0.2) is 41.4 Å². The number of amides is 1. The van der Waals surface area contributed by atoms with Gasteiger partial charge in [0.1, 0.15) is 10.3 Å². The fourth-order valence-corrected chi connectivity index (χ4v) is 6.56. The summed E-state index contributed by atoms with van der Waals surface area (Å²) in [7, 11) is -3.63. The van der Waals surface area contributed by atoms with Gasteiger partial charge in [0.2, 0.25) is 10.0 Å². The van der Waals surface area contributed by atoms with Gasteiger partial charge in [0.25, 0.3) is 5.91 Å². The number of hydrogen-bond acceptors (Lipinski definition) is 7. The number of anilines is 1. The largest absolute Gasteiger partial charge is 0.344 e. The molecule has 0 spiro atoms. The monoisotopic (exact) mass is 473 g/mol. The Labute approximate surface area is 192 Å². The summed E-state index contributed by atoms with van der Waals surface area (Å²) in [5.41, 5.74) is 1.93. The molecular weight excluding hydrogens is 446 g/mol. The van der Waals surface area contributed by atoms with Gasteiger partial charge in [0.15, 0.2) is 5.13 Å². The minimum absolute atomic E-state index is 0.147. The number of piperazine rings is 1. The fraction of sp³-hybridized carbons (Fsp3) is 0.409. The van der Waals surface area contributed by atoms with E-state index in [1.54, 1.807) is 41.5 Å². The molecule has 0 bridgehead atoms. The Morgan fingerprint density at radius 1 is 1.12 bits per heavy atom. The van der Waals surface area contributed by atoms with Crippen LogP contribution in [0, 0.1) is 6.92 Å². The van der Waals surface area contributed by atoms with Crippen LogP contribution >= 0.6 is 11.3 Å². The van der Waals surface area contributed by atoms with Crippen molar-refractivity contribution >= 4 is 42.7 Å². The summed E-state index contributed by atoms with van der Waals surface area (Å²) >= 11 is 1.55. The molecule has 0 N–H and O–H groups in total. The van der Waals surface area contributed by atoms with Gasteiger partial charge in [-0.1, -0.05) is 31.3 Å². The molecule has 1 amide bonds. The molecular formula is C22H27N5O3S2. The minimum Gasteiger partial charge on any atom is -0.344 e. The Hall–Kier alpha value is -2.56. The lowest BCUT2D eigenvalue weighted by Crippen LogP contribution is -2.48. The molecule has 1 aromatic carbocycles. The maximum Gasteiger partial charge on any atom is 0.254 e. The number of thiazole rings is 1. The first-order valence-corrected chi connectivity index (χ1v) is 13.0. The summed E-state index contributed by atoms with van der Waals surface area (Å²) in [4.78, 5) is 27.2. The van der Waals surface area contributed by atoms with Crippen molar-refractivity contribution in [3.63, 3.8) is 0 Å². The molecule has 0 radical (unpaired) electrons. The van der Waals surface area contributed by atoms with E-state index in [2.05, 4.69) is 14.9 Å². The van der Waals surface area contributed by atoms with Gasteiger partial charge in [0.05, 0.1) is 4.90 Å². The molecule has 1 saturated heterocycles. The molecule has 2 aromatic heterocycles. The lowest BCUT2D eigenvalue weighted by Gasteiger charge is -2.34. The van der Waals surface area contributed by atoms with Crippen molar-refractivity contribution in [1.29, 1.82) is 0 Å². The minimum atomic E-state index is -3.63. The Morgan fingerprint density at radius 2 is 1.84 bits per heavy atom. The fourth-order valence-electron chi connectivity index (χ4n) is 3.89. The number of hydrogen-bond donors (Lipinski definition) is 0. The van der Waals surface area contributed by atoms with E-state index in [1.165, 1.54) is 10.4 Å². The van der Waals surface area contributed by atoms with Gasteiger partial charge in [-0.05, 0) is 36.8 Å². The van der Waals surface area contributed by atoms with E-state index in [4.69, 9.17) is 0 Å². The van der Waals surface area contributed by atoms with E-state index in [-0.39, 0.29) is 10.8 Å². The summed E-state index contributed by atoms with van der Waals surface area (Å²) in [5.74, 6) is -0.147. The first kappa shape index (κ1) is 22.6. The van der Waals surface area contributed by atoms with Gasteiger partial charge >= 0.3 is 0 Å². The number of fused-ring (bicyclic) bond motifs is 1. The zero-order chi connectivity index (χ0) is 22.9. The second kappa shape index (κ2) is 9.13. The van der Waals surface area contributed by atoms with Crippen LogP contribution in [0.2, 0.25) is 0 Å². The van der Waals surface area contributed by atoms with E-state index < -0.39 is 10.0 Å². The lowest BCUT2D eigenvalue weighted by molar-refractivity contribution is 0.0746. The molecule has 1 fully saturated rings. The summed E-state index contributed by atoms with van der Waals surface area (Å²) < 4.78 is 27.5. The molecule has 3 aromatic rings. The number of carbonyl (C=O) groups excluding carboxylic acids is 1. The highest BCUT2D eigenvalue weighted by molar-refractivity contribution is 7.89. The first-order chi connectivity index (χ1) is 15.3. The van der Waals surface area contributed by atoms with Gasteiger partial charge in [-0.25, -0.2) is 18.4 Å². The normalized spacial score (nSPS) is 15.0.